The molecule has 1 aliphatic heterocycles. The molecule has 42 heavy (non-hydrogen) atoms. The number of amides is 4. The number of nitrogens with one attached hydrogen (secondary N) is 1. The number of rotatable bonds is 11. The van der Waals surface area contributed by atoms with Crippen LogP contribution in [0.25, 0.3) is 6.08 Å². The van der Waals surface area contributed by atoms with Crippen LogP contribution in [0.3, 0.4) is 0 Å². The maximum Gasteiger partial charge on any atom is 0.331 e. The molecule has 1 saturated heterocycles. The quantitative estimate of drug-likeness (QED) is 0.168. The molecule has 0 spiro atoms. The van der Waals surface area contributed by atoms with Crippen LogP contribution in [0.5, 0.6) is 17.2 Å². The number of ether oxygens (including phenoxy) is 3. The summed E-state index contributed by atoms with van der Waals surface area (Å²) in [7, 11) is 0. The van der Waals surface area contributed by atoms with Gasteiger partial charge in [-0.3, -0.25) is 19.8 Å². The van der Waals surface area contributed by atoms with Crippen LogP contribution in [0.15, 0.2) is 54.1 Å². The molecule has 220 valence electrons. The third kappa shape index (κ3) is 7.50. The van der Waals surface area contributed by atoms with Gasteiger partial charge < -0.3 is 14.2 Å². The Morgan fingerprint density at radius 2 is 1.60 bits per heavy atom. The van der Waals surface area contributed by atoms with E-state index >= 15 is 0 Å². The van der Waals surface area contributed by atoms with Crippen molar-refractivity contribution >= 4 is 70.3 Å². The van der Waals surface area contributed by atoms with Crippen LogP contribution in [0.2, 0.25) is 20.1 Å². The van der Waals surface area contributed by atoms with Crippen molar-refractivity contribution in [2.45, 2.75) is 33.4 Å². The lowest BCUT2D eigenvalue weighted by atomic mass is 10.1. The number of imide groups is 2. The molecule has 1 N–H and O–H groups in total. The predicted molar refractivity (Wildman–Crippen MR) is 163 cm³/mol. The summed E-state index contributed by atoms with van der Waals surface area (Å²) in [6.45, 7) is 4.62. The van der Waals surface area contributed by atoms with Crippen LogP contribution in [0.1, 0.15) is 37.0 Å². The standard InChI is InChI=1S/C30H26Cl4N2O6/c1-3-9-41-25-8-5-17(10-26(25)40-4-2)15-36-29(38)22(28(37)35-30(36)39)12-19-11-21(32)14-24(34)27(19)42-16-18-6-7-20(31)13-23(18)33/h5-8,10-14H,3-4,9,15-16H2,1-2H3,(H,35,37,39)/b22-12+. The smallest absolute Gasteiger partial charge is 0.331 e. The van der Waals surface area contributed by atoms with Crippen molar-refractivity contribution in [2.24, 2.45) is 0 Å². The normalized spacial score (nSPS) is 14.3. The summed E-state index contributed by atoms with van der Waals surface area (Å²) in [4.78, 5) is 40.0. The summed E-state index contributed by atoms with van der Waals surface area (Å²) >= 11 is 24.9. The molecule has 0 atom stereocenters. The summed E-state index contributed by atoms with van der Waals surface area (Å²) < 4.78 is 17.4. The minimum Gasteiger partial charge on any atom is -0.490 e. The highest BCUT2D eigenvalue weighted by atomic mass is 35.5. The number of carbonyl (C=O) groups is 3. The van der Waals surface area contributed by atoms with E-state index in [1.807, 2.05) is 13.8 Å². The summed E-state index contributed by atoms with van der Waals surface area (Å²) in [6.07, 6.45) is 2.10. The van der Waals surface area contributed by atoms with E-state index in [1.54, 1.807) is 36.4 Å². The van der Waals surface area contributed by atoms with Gasteiger partial charge in [0.2, 0.25) is 0 Å². The molecule has 3 aromatic rings. The molecule has 12 heteroatoms. The first kappa shape index (κ1) is 31.5. The molecular weight excluding hydrogens is 626 g/mol. The van der Waals surface area contributed by atoms with Gasteiger partial charge in [-0.2, -0.15) is 0 Å². The van der Waals surface area contributed by atoms with Gasteiger partial charge in [-0.05, 0) is 61.4 Å². The highest BCUT2D eigenvalue weighted by molar-refractivity contribution is 6.36. The van der Waals surface area contributed by atoms with E-state index in [9.17, 15) is 14.4 Å². The number of carbonyl (C=O) groups excluding carboxylic acids is 3. The average Bonchev–Trinajstić information content (AvgIpc) is 2.93. The monoisotopic (exact) mass is 650 g/mol. The molecule has 0 unspecified atom stereocenters. The minimum atomic E-state index is -0.873. The lowest BCUT2D eigenvalue weighted by Crippen LogP contribution is -2.53. The molecule has 1 heterocycles. The van der Waals surface area contributed by atoms with Crippen LogP contribution in [-0.2, 0) is 22.7 Å². The van der Waals surface area contributed by atoms with Gasteiger partial charge in [0.15, 0.2) is 11.5 Å². The third-order valence-corrected chi connectivity index (χ3v) is 7.11. The summed E-state index contributed by atoms with van der Waals surface area (Å²) in [5.41, 5.74) is 1.16. The number of urea groups is 1. The SMILES string of the molecule is CCCOc1ccc(CN2C(=O)NC(=O)/C(=C\c3cc(Cl)cc(Cl)c3OCc3ccc(Cl)cc3Cl)C2=O)cc1OCC. The fraction of sp³-hybridized carbons (Fsp3) is 0.233. The highest BCUT2D eigenvalue weighted by Gasteiger charge is 2.36. The van der Waals surface area contributed by atoms with Gasteiger partial charge in [-0.1, -0.05) is 65.5 Å². The lowest BCUT2D eigenvalue weighted by Gasteiger charge is -2.27. The summed E-state index contributed by atoms with van der Waals surface area (Å²) in [6, 6.07) is 12.2. The molecule has 0 bridgehead atoms. The summed E-state index contributed by atoms with van der Waals surface area (Å²) in [5, 5.41) is 3.46. The molecular formula is C30H26Cl4N2O6. The lowest BCUT2D eigenvalue weighted by molar-refractivity contribution is -0.130. The van der Waals surface area contributed by atoms with E-state index in [4.69, 9.17) is 60.6 Å². The van der Waals surface area contributed by atoms with E-state index < -0.39 is 17.8 Å². The van der Waals surface area contributed by atoms with Crippen molar-refractivity contribution in [3.05, 3.63) is 90.9 Å². The van der Waals surface area contributed by atoms with Gasteiger partial charge >= 0.3 is 6.03 Å². The minimum absolute atomic E-state index is 0.0123. The molecule has 0 aliphatic carbocycles. The first-order chi connectivity index (χ1) is 20.1. The van der Waals surface area contributed by atoms with Crippen molar-refractivity contribution in [3.8, 4) is 17.2 Å². The van der Waals surface area contributed by atoms with Gasteiger partial charge in [0.25, 0.3) is 11.8 Å². The number of nitrogens with zero attached hydrogens (tertiary/aromatic N) is 1. The Kier molecular flexibility index (Phi) is 10.6. The average molecular weight is 652 g/mol. The van der Waals surface area contributed by atoms with Crippen LogP contribution >= 0.6 is 46.4 Å². The number of hydrogen-bond donors (Lipinski definition) is 1. The Morgan fingerprint density at radius 3 is 2.31 bits per heavy atom. The van der Waals surface area contributed by atoms with Gasteiger partial charge in [0.1, 0.15) is 17.9 Å². The molecule has 1 aliphatic rings. The van der Waals surface area contributed by atoms with Gasteiger partial charge in [-0.25, -0.2) is 4.79 Å². The van der Waals surface area contributed by atoms with Crippen molar-refractivity contribution in [1.82, 2.24) is 10.2 Å². The zero-order chi connectivity index (χ0) is 30.4. The van der Waals surface area contributed by atoms with Crippen LogP contribution < -0.4 is 19.5 Å². The second-order valence-corrected chi connectivity index (χ2v) is 10.8. The number of benzene rings is 3. The van der Waals surface area contributed by atoms with Crippen LogP contribution in [0, 0.1) is 0 Å². The molecule has 8 nitrogen and oxygen atoms in total. The van der Waals surface area contributed by atoms with E-state index in [-0.39, 0.29) is 40.1 Å². The molecule has 0 saturated carbocycles. The maximum atomic E-state index is 13.5. The third-order valence-electron chi connectivity index (χ3n) is 6.02. The van der Waals surface area contributed by atoms with Crippen molar-refractivity contribution in [3.63, 3.8) is 0 Å². The first-order valence-electron chi connectivity index (χ1n) is 12.9. The number of barbiturate groups is 1. The fourth-order valence-electron chi connectivity index (χ4n) is 4.05. The molecule has 0 aromatic heterocycles. The van der Waals surface area contributed by atoms with Gasteiger partial charge in [0.05, 0.1) is 24.8 Å². The fourth-order valence-corrected chi connectivity index (χ4v) is 5.08. The molecule has 1 fully saturated rings. The zero-order valence-corrected chi connectivity index (χ0v) is 25.7. The first-order valence-corrected chi connectivity index (χ1v) is 14.5. The van der Waals surface area contributed by atoms with Gasteiger partial charge in [0, 0.05) is 26.2 Å². The Bertz CT molecular complexity index is 1560. The number of halogens is 4. The Hall–Kier alpha value is -3.43. The second-order valence-electron chi connectivity index (χ2n) is 9.10. The van der Waals surface area contributed by atoms with Crippen molar-refractivity contribution in [2.75, 3.05) is 13.2 Å². The van der Waals surface area contributed by atoms with Crippen molar-refractivity contribution in [1.29, 1.82) is 0 Å². The molecule has 0 radical (unpaired) electrons. The second kappa shape index (κ2) is 14.2. The molecule has 4 rings (SSSR count). The van der Waals surface area contributed by atoms with E-state index in [0.717, 1.165) is 11.3 Å². The Morgan fingerprint density at radius 1 is 0.833 bits per heavy atom. The Labute approximate surface area is 263 Å². The highest BCUT2D eigenvalue weighted by Crippen LogP contribution is 2.36. The van der Waals surface area contributed by atoms with E-state index in [0.29, 0.717) is 45.9 Å². The maximum absolute atomic E-state index is 13.5. The van der Waals surface area contributed by atoms with E-state index in [2.05, 4.69) is 5.32 Å². The van der Waals surface area contributed by atoms with E-state index in [1.165, 1.54) is 18.2 Å². The topological polar surface area (TPSA) is 94.2 Å². The van der Waals surface area contributed by atoms with Crippen molar-refractivity contribution < 1.29 is 28.6 Å². The van der Waals surface area contributed by atoms with Gasteiger partial charge in [-0.15, -0.1) is 0 Å². The number of hydrogen-bond acceptors (Lipinski definition) is 6. The summed E-state index contributed by atoms with van der Waals surface area (Å²) in [5.74, 6) is -0.486. The van der Waals surface area contributed by atoms with Crippen LogP contribution in [0.4, 0.5) is 4.79 Å². The largest absolute Gasteiger partial charge is 0.490 e. The molecule has 4 amide bonds. The Balaban J connectivity index is 1.63. The molecule has 3 aromatic carbocycles. The zero-order valence-electron chi connectivity index (χ0n) is 22.6. The predicted octanol–water partition coefficient (Wildman–Crippen LogP) is 7.73. The van der Waals surface area contributed by atoms with Crippen LogP contribution in [-0.4, -0.2) is 36.0 Å².